The lowest BCUT2D eigenvalue weighted by Gasteiger charge is -2.39. The number of primary amides is 1. The van der Waals surface area contributed by atoms with Gasteiger partial charge in [0, 0.05) is 37.1 Å². The molecule has 2 heterocycles. The Bertz CT molecular complexity index is 969. The van der Waals surface area contributed by atoms with Crippen molar-refractivity contribution in [3.8, 4) is 5.69 Å². The lowest BCUT2D eigenvalue weighted by atomic mass is 9.95. The van der Waals surface area contributed by atoms with Crippen LogP contribution < -0.4 is 21.9 Å². The summed E-state index contributed by atoms with van der Waals surface area (Å²) < 4.78 is 1.46. The molecule has 2 atom stereocenters. The minimum absolute atomic E-state index is 0.180. The summed E-state index contributed by atoms with van der Waals surface area (Å²) in [6, 6.07) is 9.21. The van der Waals surface area contributed by atoms with Crippen LogP contribution in [0.25, 0.3) is 5.69 Å². The number of nitrogens with one attached hydrogen (secondary N) is 2. The second-order valence-electron chi connectivity index (χ2n) is 6.58. The second kappa shape index (κ2) is 8.59. The molecule has 2 unspecified atom stereocenters. The molecular weight excluding hydrogens is 374 g/mol. The lowest BCUT2D eigenvalue weighted by molar-refractivity contribution is -0.123. The van der Waals surface area contributed by atoms with Gasteiger partial charge in [-0.15, -0.1) is 0 Å². The average Bonchev–Trinajstić information content (AvgIpc) is 2.73. The number of carbonyl (C=O) groups excluding carboxylic acids is 3. The van der Waals surface area contributed by atoms with Crippen molar-refractivity contribution in [1.29, 1.82) is 0 Å². The Morgan fingerprint density at radius 1 is 1.10 bits per heavy atom. The molecular formula is C20H22N5O4. The summed E-state index contributed by atoms with van der Waals surface area (Å²) in [6.07, 6.45) is 3.92. The molecule has 1 fully saturated rings. The van der Waals surface area contributed by atoms with E-state index in [1.54, 1.807) is 49.0 Å². The van der Waals surface area contributed by atoms with Crippen LogP contribution in [0, 0.1) is 6.42 Å². The van der Waals surface area contributed by atoms with Gasteiger partial charge in [0.25, 0.3) is 11.5 Å². The van der Waals surface area contributed by atoms with Gasteiger partial charge in [0.1, 0.15) is 6.04 Å². The maximum absolute atomic E-state index is 12.7. The Labute approximate surface area is 167 Å². The smallest absolute Gasteiger partial charge is 0.317 e. The minimum atomic E-state index is -0.977. The van der Waals surface area contributed by atoms with E-state index in [0.29, 0.717) is 24.2 Å². The highest BCUT2D eigenvalue weighted by Crippen LogP contribution is 2.18. The van der Waals surface area contributed by atoms with Crippen LogP contribution in [0.2, 0.25) is 0 Å². The number of urea groups is 1. The number of benzene rings is 1. The first-order valence-corrected chi connectivity index (χ1v) is 9.12. The highest BCUT2D eigenvalue weighted by Gasteiger charge is 2.39. The van der Waals surface area contributed by atoms with E-state index >= 15 is 0 Å². The molecule has 1 saturated heterocycles. The van der Waals surface area contributed by atoms with Gasteiger partial charge < -0.3 is 21.3 Å². The highest BCUT2D eigenvalue weighted by molar-refractivity contribution is 5.96. The number of nitrogens with zero attached hydrogens (tertiary/aromatic N) is 2. The Kier molecular flexibility index (Phi) is 5.96. The Balaban J connectivity index is 1.76. The third kappa shape index (κ3) is 4.29. The fourth-order valence-electron chi connectivity index (χ4n) is 3.34. The zero-order valence-electron chi connectivity index (χ0n) is 15.9. The maximum atomic E-state index is 12.7. The molecule has 1 aliphatic rings. The number of aromatic nitrogens is 1. The van der Waals surface area contributed by atoms with Crippen molar-refractivity contribution < 1.29 is 14.4 Å². The van der Waals surface area contributed by atoms with Gasteiger partial charge in [-0.25, -0.2) is 4.79 Å². The van der Waals surface area contributed by atoms with Gasteiger partial charge in [-0.2, -0.15) is 0 Å². The zero-order chi connectivity index (χ0) is 21.0. The van der Waals surface area contributed by atoms with Crippen molar-refractivity contribution in [1.82, 2.24) is 20.1 Å². The molecule has 0 spiro atoms. The normalized spacial score (nSPS) is 18.7. The van der Waals surface area contributed by atoms with Crippen LogP contribution in [0.15, 0.2) is 53.5 Å². The molecule has 1 aliphatic heterocycles. The third-order valence-electron chi connectivity index (χ3n) is 4.76. The van der Waals surface area contributed by atoms with Crippen molar-refractivity contribution in [3.63, 3.8) is 0 Å². The molecule has 0 aliphatic carbocycles. The standard InChI is InChI=1S/C20H22N5O4/c1-22-20(29)25-12-4-5-15(17(25)18(21)27)23-19(28)13-7-9-14(10-8-13)24-11-3-2-6-16(24)26/h2-3,5-11,15,17H,4,12H2,1H3,(H2,21,27)(H,22,29)(H,23,28). The first kappa shape index (κ1) is 20.1. The summed E-state index contributed by atoms with van der Waals surface area (Å²) >= 11 is 0. The van der Waals surface area contributed by atoms with Crippen molar-refractivity contribution in [2.45, 2.75) is 18.5 Å². The molecule has 0 saturated carbocycles. The summed E-state index contributed by atoms with van der Waals surface area (Å²) in [4.78, 5) is 49.9. The number of rotatable bonds is 4. The van der Waals surface area contributed by atoms with Gasteiger partial charge >= 0.3 is 6.03 Å². The molecule has 29 heavy (non-hydrogen) atoms. The maximum Gasteiger partial charge on any atom is 0.317 e. The molecule has 1 aromatic carbocycles. The van der Waals surface area contributed by atoms with Crippen LogP contribution in [0.3, 0.4) is 0 Å². The molecule has 3 rings (SSSR count). The predicted molar refractivity (Wildman–Crippen MR) is 106 cm³/mol. The van der Waals surface area contributed by atoms with E-state index in [4.69, 9.17) is 5.73 Å². The van der Waals surface area contributed by atoms with Crippen LogP contribution in [0.5, 0.6) is 0 Å². The predicted octanol–water partition coefficient (Wildman–Crippen LogP) is 0.0392. The number of likely N-dealkylation sites (tertiary alicyclic amines) is 1. The molecule has 1 radical (unpaired) electrons. The monoisotopic (exact) mass is 396 g/mol. The first-order valence-electron chi connectivity index (χ1n) is 9.12. The van der Waals surface area contributed by atoms with E-state index < -0.39 is 29.9 Å². The van der Waals surface area contributed by atoms with Gasteiger partial charge in [-0.3, -0.25) is 19.0 Å². The van der Waals surface area contributed by atoms with Crippen molar-refractivity contribution in [2.24, 2.45) is 5.73 Å². The number of amides is 4. The van der Waals surface area contributed by atoms with Crippen LogP contribution in [-0.4, -0.2) is 53.0 Å². The largest absolute Gasteiger partial charge is 0.368 e. The molecule has 1 aromatic heterocycles. The van der Waals surface area contributed by atoms with E-state index in [9.17, 15) is 19.2 Å². The van der Waals surface area contributed by atoms with Crippen LogP contribution >= 0.6 is 0 Å². The van der Waals surface area contributed by atoms with E-state index in [-0.39, 0.29) is 5.56 Å². The van der Waals surface area contributed by atoms with Gasteiger partial charge in [0.15, 0.2) is 0 Å². The Morgan fingerprint density at radius 2 is 1.83 bits per heavy atom. The quantitative estimate of drug-likeness (QED) is 0.674. The fraction of sp³-hybridized carbons (Fsp3) is 0.250. The summed E-state index contributed by atoms with van der Waals surface area (Å²) in [5.41, 5.74) is 6.28. The van der Waals surface area contributed by atoms with Crippen molar-refractivity contribution in [3.05, 3.63) is 71.0 Å². The summed E-state index contributed by atoms with van der Waals surface area (Å²) in [5, 5.41) is 5.24. The molecule has 4 N–H and O–H groups in total. The summed E-state index contributed by atoms with van der Waals surface area (Å²) in [6.45, 7) is 0.334. The molecule has 4 amide bonds. The van der Waals surface area contributed by atoms with Gasteiger partial charge in [0.2, 0.25) is 5.91 Å². The number of piperidine rings is 1. The number of hydrogen-bond donors (Lipinski definition) is 3. The number of carbonyl (C=O) groups is 3. The van der Waals surface area contributed by atoms with Crippen molar-refractivity contribution >= 4 is 17.8 Å². The fourth-order valence-corrected chi connectivity index (χ4v) is 3.34. The van der Waals surface area contributed by atoms with Crippen LogP contribution in [0.4, 0.5) is 4.79 Å². The molecule has 0 bridgehead atoms. The first-order chi connectivity index (χ1) is 13.9. The van der Waals surface area contributed by atoms with Crippen molar-refractivity contribution in [2.75, 3.05) is 13.6 Å². The van der Waals surface area contributed by atoms with Crippen LogP contribution in [0.1, 0.15) is 16.8 Å². The number of hydrogen-bond acceptors (Lipinski definition) is 4. The summed E-state index contributed by atoms with van der Waals surface area (Å²) in [5.74, 6) is -1.11. The number of nitrogens with two attached hydrogens (primary N) is 1. The Morgan fingerprint density at radius 3 is 2.45 bits per heavy atom. The second-order valence-corrected chi connectivity index (χ2v) is 6.58. The topological polar surface area (TPSA) is 127 Å². The highest BCUT2D eigenvalue weighted by atomic mass is 16.2. The molecule has 9 nitrogen and oxygen atoms in total. The average molecular weight is 396 g/mol. The van der Waals surface area contributed by atoms with Crippen LogP contribution in [-0.2, 0) is 4.79 Å². The van der Waals surface area contributed by atoms with E-state index in [0.717, 1.165) is 0 Å². The Hall–Kier alpha value is -3.62. The van der Waals surface area contributed by atoms with E-state index in [1.165, 1.54) is 22.6 Å². The number of pyridine rings is 1. The SMILES string of the molecule is CNC(=O)N1CC[CH]C(NC(=O)c2ccc(-n3ccccc3=O)cc2)C1C(N)=O. The van der Waals surface area contributed by atoms with Gasteiger partial charge in [0.05, 0.1) is 6.04 Å². The summed E-state index contributed by atoms with van der Waals surface area (Å²) in [7, 11) is 1.46. The lowest BCUT2D eigenvalue weighted by Crippen LogP contribution is -2.63. The van der Waals surface area contributed by atoms with E-state index in [1.807, 2.05) is 0 Å². The molecule has 2 aromatic rings. The molecule has 9 heteroatoms. The van der Waals surface area contributed by atoms with E-state index in [2.05, 4.69) is 10.6 Å². The third-order valence-corrected chi connectivity index (χ3v) is 4.76. The van der Waals surface area contributed by atoms with Gasteiger partial charge in [-0.05, 0) is 43.2 Å². The minimum Gasteiger partial charge on any atom is -0.368 e. The zero-order valence-corrected chi connectivity index (χ0v) is 15.9. The van der Waals surface area contributed by atoms with Gasteiger partial charge in [-0.1, -0.05) is 6.07 Å². The molecule has 151 valence electrons.